The van der Waals surface area contributed by atoms with Crippen molar-refractivity contribution in [1.29, 1.82) is 0 Å². The van der Waals surface area contributed by atoms with E-state index in [1.807, 2.05) is 0 Å². The zero-order valence-electron chi connectivity index (χ0n) is 17.9. The van der Waals surface area contributed by atoms with Crippen LogP contribution in [0.15, 0.2) is 52.2 Å². The Hall–Kier alpha value is -3.24. The predicted octanol–water partition coefficient (Wildman–Crippen LogP) is 2.37. The molecule has 1 fully saturated rings. The van der Waals surface area contributed by atoms with Crippen LogP contribution in [0.4, 0.5) is 5.69 Å². The molecule has 0 aliphatic carbocycles. The van der Waals surface area contributed by atoms with Crippen molar-refractivity contribution in [2.45, 2.75) is 24.7 Å². The van der Waals surface area contributed by atoms with Crippen molar-refractivity contribution >= 4 is 32.4 Å². The number of ether oxygens (including phenoxy) is 1. The minimum absolute atomic E-state index is 0.0114. The minimum Gasteiger partial charge on any atom is -0.492 e. The van der Waals surface area contributed by atoms with Gasteiger partial charge in [0.15, 0.2) is 5.69 Å². The quantitative estimate of drug-likeness (QED) is 0.610. The summed E-state index contributed by atoms with van der Waals surface area (Å²) in [7, 11) is -2.29. The third kappa shape index (κ3) is 3.98. The Balaban J connectivity index is 1.73. The molecule has 1 saturated heterocycles. The van der Waals surface area contributed by atoms with Crippen molar-refractivity contribution in [2.24, 2.45) is 7.05 Å². The zero-order valence-corrected chi connectivity index (χ0v) is 18.7. The molecule has 2 heterocycles. The summed E-state index contributed by atoms with van der Waals surface area (Å²) in [4.78, 5) is 25.4. The first-order chi connectivity index (χ1) is 15.3. The number of nitrogens with one attached hydrogen (secondary N) is 1. The molecule has 168 valence electrons. The Bertz CT molecular complexity index is 1340. The molecule has 0 atom stereocenters. The molecule has 0 radical (unpaired) electrons. The van der Waals surface area contributed by atoms with Crippen molar-refractivity contribution in [1.82, 2.24) is 14.1 Å². The second kappa shape index (κ2) is 8.71. The number of aromatic nitrogens is 2. The summed E-state index contributed by atoms with van der Waals surface area (Å²) >= 11 is 0. The summed E-state index contributed by atoms with van der Waals surface area (Å²) in [6.07, 6.45) is 1.62. The first-order valence-corrected chi connectivity index (χ1v) is 11.8. The Morgan fingerprint density at radius 1 is 1.12 bits per heavy atom. The van der Waals surface area contributed by atoms with Crippen molar-refractivity contribution in [3.63, 3.8) is 0 Å². The van der Waals surface area contributed by atoms with Crippen LogP contribution in [-0.2, 0) is 17.1 Å². The second-order valence-electron chi connectivity index (χ2n) is 7.48. The number of hydrogen-bond acceptors (Lipinski definition) is 6. The first-order valence-electron chi connectivity index (χ1n) is 10.4. The van der Waals surface area contributed by atoms with Gasteiger partial charge in [-0.3, -0.25) is 9.59 Å². The van der Waals surface area contributed by atoms with E-state index in [0.717, 1.165) is 17.5 Å². The predicted molar refractivity (Wildman–Crippen MR) is 121 cm³/mol. The molecule has 0 saturated carbocycles. The summed E-state index contributed by atoms with van der Waals surface area (Å²) in [5, 5.41) is 7.63. The van der Waals surface area contributed by atoms with Crippen LogP contribution < -0.4 is 15.6 Å². The number of nitrogens with zero attached hydrogens (tertiary/aromatic N) is 3. The maximum absolute atomic E-state index is 13.2. The van der Waals surface area contributed by atoms with Crippen molar-refractivity contribution in [3.8, 4) is 5.75 Å². The van der Waals surface area contributed by atoms with Crippen LogP contribution in [0.25, 0.3) is 10.8 Å². The van der Waals surface area contributed by atoms with Crippen LogP contribution in [-0.4, -0.2) is 48.1 Å². The second-order valence-corrected chi connectivity index (χ2v) is 9.39. The van der Waals surface area contributed by atoms with Crippen LogP contribution in [0.2, 0.25) is 0 Å². The molecule has 1 aromatic heterocycles. The Morgan fingerprint density at radius 3 is 2.50 bits per heavy atom. The highest BCUT2D eigenvalue weighted by atomic mass is 32.2. The van der Waals surface area contributed by atoms with Crippen LogP contribution in [0.5, 0.6) is 5.75 Å². The van der Waals surface area contributed by atoms with E-state index in [0.29, 0.717) is 30.5 Å². The van der Waals surface area contributed by atoms with Gasteiger partial charge < -0.3 is 10.1 Å². The molecule has 0 bridgehead atoms. The molecule has 1 N–H and O–H groups in total. The van der Waals surface area contributed by atoms with E-state index in [1.165, 1.54) is 23.5 Å². The number of carbonyl (C=O) groups is 1. The molecule has 9 nitrogen and oxygen atoms in total. The van der Waals surface area contributed by atoms with Gasteiger partial charge in [-0.15, -0.1) is 0 Å². The van der Waals surface area contributed by atoms with Crippen LogP contribution in [0.3, 0.4) is 0 Å². The van der Waals surface area contributed by atoms with Gasteiger partial charge in [0.05, 0.1) is 12.0 Å². The van der Waals surface area contributed by atoms with E-state index in [4.69, 9.17) is 4.74 Å². The molecule has 3 aromatic rings. The van der Waals surface area contributed by atoms with Gasteiger partial charge in [-0.25, -0.2) is 13.1 Å². The molecule has 10 heteroatoms. The molecule has 32 heavy (non-hydrogen) atoms. The number of fused-ring (bicyclic) bond motifs is 1. The fourth-order valence-electron chi connectivity index (χ4n) is 3.79. The lowest BCUT2D eigenvalue weighted by atomic mass is 10.1. The molecule has 0 unspecified atom stereocenters. The number of hydrogen-bond donors (Lipinski definition) is 1. The first kappa shape index (κ1) is 22.0. The molecule has 0 spiro atoms. The molecular weight excluding hydrogens is 432 g/mol. The SMILES string of the molecule is CCOc1ccc(NC(=O)c2nn(C)c(=O)c3ccccc23)cc1S(=O)(=O)N1CCCC1. The van der Waals surface area contributed by atoms with E-state index in [2.05, 4.69) is 10.4 Å². The molecule has 4 rings (SSSR count). The van der Waals surface area contributed by atoms with Gasteiger partial charge in [0.1, 0.15) is 10.6 Å². The molecule has 1 aliphatic rings. The molecule has 1 amide bonds. The third-order valence-corrected chi connectivity index (χ3v) is 7.28. The lowest BCUT2D eigenvalue weighted by Crippen LogP contribution is -2.28. The maximum atomic E-state index is 13.2. The Labute approximate surface area is 185 Å². The van der Waals surface area contributed by atoms with Crippen molar-refractivity contribution in [2.75, 3.05) is 25.0 Å². The Morgan fingerprint density at radius 2 is 1.81 bits per heavy atom. The van der Waals surface area contributed by atoms with Gasteiger partial charge in [-0.05, 0) is 44.0 Å². The van der Waals surface area contributed by atoms with Gasteiger partial charge in [0.2, 0.25) is 10.0 Å². The van der Waals surface area contributed by atoms with E-state index in [1.54, 1.807) is 37.3 Å². The Kier molecular flexibility index (Phi) is 5.98. The van der Waals surface area contributed by atoms with Gasteiger partial charge in [-0.2, -0.15) is 9.40 Å². The number of amides is 1. The van der Waals surface area contributed by atoms with E-state index < -0.39 is 15.9 Å². The highest BCUT2D eigenvalue weighted by molar-refractivity contribution is 7.89. The van der Waals surface area contributed by atoms with Crippen LogP contribution >= 0.6 is 0 Å². The number of carbonyl (C=O) groups excluding carboxylic acids is 1. The summed E-state index contributed by atoms with van der Waals surface area (Å²) in [5.41, 5.74) is 0.0497. The highest BCUT2D eigenvalue weighted by Gasteiger charge is 2.30. The lowest BCUT2D eigenvalue weighted by Gasteiger charge is -2.19. The molecule has 2 aromatic carbocycles. The van der Waals surface area contributed by atoms with Gasteiger partial charge in [-0.1, -0.05) is 18.2 Å². The van der Waals surface area contributed by atoms with Crippen molar-refractivity contribution in [3.05, 3.63) is 58.5 Å². The summed E-state index contributed by atoms with van der Waals surface area (Å²) < 4.78 is 34.4. The van der Waals surface area contributed by atoms with Crippen LogP contribution in [0.1, 0.15) is 30.3 Å². The normalized spacial score (nSPS) is 14.6. The number of aryl methyl sites for hydroxylation is 1. The zero-order chi connectivity index (χ0) is 22.9. The summed E-state index contributed by atoms with van der Waals surface area (Å²) in [6, 6.07) is 11.2. The van der Waals surface area contributed by atoms with E-state index in [9.17, 15) is 18.0 Å². The standard InChI is InChI=1S/C22H24N4O5S/c1-3-31-18-11-10-15(14-19(18)32(29,30)26-12-6-7-13-26)23-21(27)20-16-8-4-5-9-17(16)22(28)25(2)24-20/h4-5,8-11,14H,3,6-7,12-13H2,1-2H3,(H,23,27). The number of sulfonamides is 1. The monoisotopic (exact) mass is 456 g/mol. The number of benzene rings is 2. The highest BCUT2D eigenvalue weighted by Crippen LogP contribution is 2.32. The lowest BCUT2D eigenvalue weighted by molar-refractivity contribution is 0.102. The largest absolute Gasteiger partial charge is 0.492 e. The molecular formula is C22H24N4O5S. The maximum Gasteiger partial charge on any atom is 0.276 e. The third-order valence-electron chi connectivity index (χ3n) is 5.36. The van der Waals surface area contributed by atoms with Gasteiger partial charge >= 0.3 is 0 Å². The number of anilines is 1. The van der Waals surface area contributed by atoms with Crippen LogP contribution in [0, 0.1) is 0 Å². The summed E-state index contributed by atoms with van der Waals surface area (Å²) in [6.45, 7) is 3.00. The minimum atomic E-state index is -3.77. The summed E-state index contributed by atoms with van der Waals surface area (Å²) in [5.74, 6) is -0.312. The average molecular weight is 457 g/mol. The smallest absolute Gasteiger partial charge is 0.276 e. The fraction of sp³-hybridized carbons (Fsp3) is 0.318. The van der Waals surface area contributed by atoms with Gasteiger partial charge in [0.25, 0.3) is 11.5 Å². The van der Waals surface area contributed by atoms with Gasteiger partial charge in [0, 0.05) is 31.2 Å². The van der Waals surface area contributed by atoms with E-state index in [-0.39, 0.29) is 27.6 Å². The van der Waals surface area contributed by atoms with E-state index >= 15 is 0 Å². The number of rotatable bonds is 6. The van der Waals surface area contributed by atoms with Crippen molar-refractivity contribution < 1.29 is 17.9 Å². The average Bonchev–Trinajstić information content (AvgIpc) is 3.33. The fourth-order valence-corrected chi connectivity index (χ4v) is 5.46. The topological polar surface area (TPSA) is 111 Å². The molecule has 1 aliphatic heterocycles.